The molecular weight excluding hydrogens is 404 g/mol. The van der Waals surface area contributed by atoms with Gasteiger partial charge in [0.2, 0.25) is 0 Å². The molecule has 0 saturated heterocycles. The summed E-state index contributed by atoms with van der Waals surface area (Å²) in [7, 11) is 0. The standard InChI is InChI=1S/C31H46O2/c1-7-8-9-18-27-22-29(32)28-19-21-31(6,33-30(28)23-27)20-12-17-26(5)16-11-15-25(4)14-10-13-24(2)3/h13,15,17,19,21-23,32H,7-12,14,16,18,20H2,1-6H3. The van der Waals surface area contributed by atoms with E-state index in [1.165, 1.54) is 29.6 Å². The molecule has 0 radical (unpaired) electrons. The number of ether oxygens (including phenoxy) is 1. The zero-order valence-corrected chi connectivity index (χ0v) is 22.0. The molecule has 1 heterocycles. The van der Waals surface area contributed by atoms with Gasteiger partial charge >= 0.3 is 0 Å². The van der Waals surface area contributed by atoms with Crippen LogP contribution < -0.4 is 4.74 Å². The van der Waals surface area contributed by atoms with Gasteiger partial charge < -0.3 is 9.84 Å². The van der Waals surface area contributed by atoms with Gasteiger partial charge in [-0.3, -0.25) is 0 Å². The summed E-state index contributed by atoms with van der Waals surface area (Å²) in [6.45, 7) is 13.2. The van der Waals surface area contributed by atoms with Crippen LogP contribution in [0, 0.1) is 0 Å². The van der Waals surface area contributed by atoms with Gasteiger partial charge in [-0.25, -0.2) is 0 Å². The molecule has 1 N–H and O–H groups in total. The summed E-state index contributed by atoms with van der Waals surface area (Å²) in [4.78, 5) is 0. The van der Waals surface area contributed by atoms with Gasteiger partial charge in [0.05, 0.1) is 5.56 Å². The Kier molecular flexibility index (Phi) is 11.0. The molecule has 0 spiro atoms. The average molecular weight is 451 g/mol. The number of phenols is 1. The van der Waals surface area contributed by atoms with E-state index in [2.05, 4.69) is 71.9 Å². The average Bonchev–Trinajstić information content (AvgIpc) is 2.73. The molecule has 2 rings (SSSR count). The van der Waals surface area contributed by atoms with Gasteiger partial charge in [0.25, 0.3) is 0 Å². The Morgan fingerprint density at radius 3 is 2.27 bits per heavy atom. The lowest BCUT2D eigenvalue weighted by molar-refractivity contribution is 0.128. The topological polar surface area (TPSA) is 29.5 Å². The van der Waals surface area contributed by atoms with Crippen LogP contribution in [0.1, 0.15) is 110 Å². The number of aryl methyl sites for hydroxylation is 1. The van der Waals surface area contributed by atoms with E-state index in [1.54, 1.807) is 0 Å². The van der Waals surface area contributed by atoms with Crippen molar-refractivity contribution >= 4 is 6.08 Å². The lowest BCUT2D eigenvalue weighted by atomic mass is 9.93. The first-order chi connectivity index (χ1) is 15.7. The Labute approximate surface area is 203 Å². The second kappa shape index (κ2) is 13.5. The fourth-order valence-electron chi connectivity index (χ4n) is 4.27. The normalized spacial score (nSPS) is 18.1. The van der Waals surface area contributed by atoms with Crippen molar-refractivity contribution in [3.05, 3.63) is 64.3 Å². The highest BCUT2D eigenvalue weighted by Crippen LogP contribution is 2.39. The number of phenolic OH excluding ortho intramolecular Hbond substituents is 1. The van der Waals surface area contributed by atoms with Crippen LogP contribution in [0.3, 0.4) is 0 Å². The molecule has 0 fully saturated rings. The number of allylic oxidation sites excluding steroid dienone is 6. The predicted octanol–water partition coefficient (Wildman–Crippen LogP) is 9.49. The van der Waals surface area contributed by atoms with Crippen molar-refractivity contribution in [1.82, 2.24) is 0 Å². The summed E-state index contributed by atoms with van der Waals surface area (Å²) in [6.07, 6.45) is 22.2. The molecule has 0 amide bonds. The third-order valence-electron chi connectivity index (χ3n) is 6.45. The van der Waals surface area contributed by atoms with Gasteiger partial charge in [0, 0.05) is 0 Å². The van der Waals surface area contributed by atoms with Gasteiger partial charge in [-0.1, -0.05) is 54.7 Å². The van der Waals surface area contributed by atoms with Crippen molar-refractivity contribution in [2.45, 2.75) is 111 Å². The van der Waals surface area contributed by atoms with Crippen molar-refractivity contribution in [2.24, 2.45) is 0 Å². The van der Waals surface area contributed by atoms with Crippen molar-refractivity contribution in [1.29, 1.82) is 0 Å². The Bertz CT molecular complexity index is 880. The van der Waals surface area contributed by atoms with Gasteiger partial charge in [-0.05, 0) is 116 Å². The first-order valence-electron chi connectivity index (χ1n) is 12.9. The van der Waals surface area contributed by atoms with Crippen LogP contribution in [-0.4, -0.2) is 10.7 Å². The van der Waals surface area contributed by atoms with Crippen LogP contribution in [0.25, 0.3) is 6.08 Å². The lowest BCUT2D eigenvalue weighted by Crippen LogP contribution is -2.31. The first kappa shape index (κ1) is 27.0. The Hall–Kier alpha value is -2.22. The number of fused-ring (bicyclic) bond motifs is 1. The molecule has 1 aromatic rings. The van der Waals surface area contributed by atoms with E-state index in [4.69, 9.17) is 4.74 Å². The quantitative estimate of drug-likeness (QED) is 0.239. The summed E-state index contributed by atoms with van der Waals surface area (Å²) >= 11 is 0. The van der Waals surface area contributed by atoms with Crippen molar-refractivity contribution in [3.8, 4) is 11.5 Å². The van der Waals surface area contributed by atoms with Crippen LogP contribution in [0.15, 0.2) is 53.2 Å². The zero-order chi connectivity index (χ0) is 24.3. The smallest absolute Gasteiger partial charge is 0.131 e. The van der Waals surface area contributed by atoms with Crippen LogP contribution in [0.4, 0.5) is 0 Å². The van der Waals surface area contributed by atoms with Crippen LogP contribution in [0.2, 0.25) is 0 Å². The number of hydrogen-bond acceptors (Lipinski definition) is 2. The van der Waals surface area contributed by atoms with E-state index in [9.17, 15) is 5.11 Å². The molecule has 0 aliphatic carbocycles. The summed E-state index contributed by atoms with van der Waals surface area (Å²) < 4.78 is 6.41. The molecule has 1 aliphatic rings. The minimum absolute atomic E-state index is 0.331. The number of benzene rings is 1. The number of rotatable bonds is 13. The molecule has 1 aliphatic heterocycles. The lowest BCUT2D eigenvalue weighted by Gasteiger charge is -2.32. The predicted molar refractivity (Wildman–Crippen MR) is 144 cm³/mol. The van der Waals surface area contributed by atoms with E-state index in [0.29, 0.717) is 5.75 Å². The second-order valence-electron chi connectivity index (χ2n) is 10.2. The van der Waals surface area contributed by atoms with Crippen LogP contribution in [0.5, 0.6) is 11.5 Å². The molecule has 182 valence electrons. The number of unbranched alkanes of at least 4 members (excludes halogenated alkanes) is 2. The summed E-state index contributed by atoms with van der Waals surface area (Å²) in [6, 6.07) is 4.02. The molecule has 0 saturated carbocycles. The van der Waals surface area contributed by atoms with E-state index in [0.717, 1.165) is 68.2 Å². The highest BCUT2D eigenvalue weighted by molar-refractivity contribution is 5.67. The van der Waals surface area contributed by atoms with E-state index in [-0.39, 0.29) is 5.60 Å². The summed E-state index contributed by atoms with van der Waals surface area (Å²) in [5.74, 6) is 1.15. The molecular formula is C31H46O2. The second-order valence-corrected chi connectivity index (χ2v) is 10.2. The maximum absolute atomic E-state index is 10.5. The maximum atomic E-state index is 10.5. The molecule has 1 aromatic carbocycles. The molecule has 0 bridgehead atoms. The summed E-state index contributed by atoms with van der Waals surface area (Å²) in [5.41, 5.74) is 5.98. The van der Waals surface area contributed by atoms with Crippen molar-refractivity contribution in [2.75, 3.05) is 0 Å². The molecule has 1 unspecified atom stereocenters. The molecule has 2 nitrogen and oxygen atoms in total. The Morgan fingerprint density at radius 1 is 0.939 bits per heavy atom. The van der Waals surface area contributed by atoms with Crippen molar-refractivity contribution < 1.29 is 9.84 Å². The Balaban J connectivity index is 1.86. The van der Waals surface area contributed by atoms with Crippen LogP contribution in [-0.2, 0) is 6.42 Å². The minimum atomic E-state index is -0.334. The summed E-state index contributed by atoms with van der Waals surface area (Å²) in [5, 5.41) is 10.5. The number of hydrogen-bond donors (Lipinski definition) is 1. The van der Waals surface area contributed by atoms with Gasteiger partial charge in [-0.15, -0.1) is 0 Å². The third-order valence-corrected chi connectivity index (χ3v) is 6.45. The molecule has 2 heteroatoms. The Morgan fingerprint density at radius 2 is 1.61 bits per heavy atom. The first-order valence-corrected chi connectivity index (χ1v) is 12.9. The zero-order valence-electron chi connectivity index (χ0n) is 22.0. The fraction of sp³-hybridized carbons (Fsp3) is 0.548. The minimum Gasteiger partial charge on any atom is -0.507 e. The van der Waals surface area contributed by atoms with Gasteiger partial charge in [-0.2, -0.15) is 0 Å². The fourth-order valence-corrected chi connectivity index (χ4v) is 4.27. The van der Waals surface area contributed by atoms with E-state index < -0.39 is 0 Å². The molecule has 0 aromatic heterocycles. The van der Waals surface area contributed by atoms with E-state index >= 15 is 0 Å². The van der Waals surface area contributed by atoms with E-state index in [1.807, 2.05) is 12.1 Å². The number of aromatic hydroxyl groups is 1. The van der Waals surface area contributed by atoms with Crippen LogP contribution >= 0.6 is 0 Å². The highest BCUT2D eigenvalue weighted by Gasteiger charge is 2.28. The maximum Gasteiger partial charge on any atom is 0.131 e. The van der Waals surface area contributed by atoms with Gasteiger partial charge in [0.15, 0.2) is 0 Å². The third kappa shape index (κ3) is 9.66. The highest BCUT2D eigenvalue weighted by atomic mass is 16.5. The largest absolute Gasteiger partial charge is 0.507 e. The SMILES string of the molecule is CCCCCc1cc(O)c2c(c1)OC(C)(CCC=C(C)CCC=C(C)CCC=C(C)C)C=C2. The molecule has 33 heavy (non-hydrogen) atoms. The van der Waals surface area contributed by atoms with Gasteiger partial charge in [0.1, 0.15) is 17.1 Å². The monoisotopic (exact) mass is 450 g/mol. The van der Waals surface area contributed by atoms with Crippen molar-refractivity contribution in [3.63, 3.8) is 0 Å². The molecule has 1 atom stereocenters.